The molecular formula is C12H15N3O2S. The summed E-state index contributed by atoms with van der Waals surface area (Å²) in [5.41, 5.74) is 1.74. The fraction of sp³-hybridized carbons (Fsp3) is 0.333. The number of amides is 1. The SMILES string of the molecule is CNCCNC(=O)Cc1csc(-c2ccoc2)n1. The predicted octanol–water partition coefficient (Wildman–Crippen LogP) is 1.28. The third kappa shape index (κ3) is 3.41. The maximum absolute atomic E-state index is 11.6. The van der Waals surface area contributed by atoms with Crippen molar-refractivity contribution in [3.8, 4) is 10.6 Å². The summed E-state index contributed by atoms with van der Waals surface area (Å²) >= 11 is 1.51. The molecule has 0 saturated heterocycles. The number of likely N-dealkylation sites (N-methyl/N-ethyl adjacent to an activating group) is 1. The van der Waals surface area contributed by atoms with Gasteiger partial charge in [0.25, 0.3) is 0 Å². The Morgan fingerprint density at radius 1 is 1.50 bits per heavy atom. The van der Waals surface area contributed by atoms with Gasteiger partial charge in [-0.3, -0.25) is 4.79 Å². The van der Waals surface area contributed by atoms with E-state index in [9.17, 15) is 4.79 Å². The molecule has 0 radical (unpaired) electrons. The van der Waals surface area contributed by atoms with Crippen LogP contribution in [-0.2, 0) is 11.2 Å². The van der Waals surface area contributed by atoms with E-state index < -0.39 is 0 Å². The fourth-order valence-corrected chi connectivity index (χ4v) is 2.27. The zero-order valence-corrected chi connectivity index (χ0v) is 10.9. The molecule has 0 aliphatic rings. The molecule has 5 nitrogen and oxygen atoms in total. The molecule has 96 valence electrons. The number of carbonyl (C=O) groups is 1. The van der Waals surface area contributed by atoms with Crippen molar-refractivity contribution < 1.29 is 9.21 Å². The van der Waals surface area contributed by atoms with Crippen LogP contribution in [-0.4, -0.2) is 31.0 Å². The van der Waals surface area contributed by atoms with Gasteiger partial charge in [-0.1, -0.05) is 0 Å². The van der Waals surface area contributed by atoms with Crippen LogP contribution in [0, 0.1) is 0 Å². The van der Waals surface area contributed by atoms with Crippen molar-refractivity contribution in [2.45, 2.75) is 6.42 Å². The zero-order chi connectivity index (χ0) is 12.8. The Labute approximate surface area is 109 Å². The molecule has 2 N–H and O–H groups in total. The van der Waals surface area contributed by atoms with Crippen molar-refractivity contribution in [1.82, 2.24) is 15.6 Å². The molecule has 0 bridgehead atoms. The minimum atomic E-state index is -0.00528. The van der Waals surface area contributed by atoms with Crippen molar-refractivity contribution in [1.29, 1.82) is 0 Å². The summed E-state index contributed by atoms with van der Waals surface area (Å²) in [5, 5.41) is 8.57. The highest BCUT2D eigenvalue weighted by atomic mass is 32.1. The molecule has 0 unspecified atom stereocenters. The average molecular weight is 265 g/mol. The van der Waals surface area contributed by atoms with Crippen LogP contribution in [0.5, 0.6) is 0 Å². The average Bonchev–Trinajstić information content (AvgIpc) is 2.98. The Morgan fingerprint density at radius 3 is 3.11 bits per heavy atom. The molecule has 2 aromatic rings. The Morgan fingerprint density at radius 2 is 2.39 bits per heavy atom. The van der Waals surface area contributed by atoms with Crippen molar-refractivity contribution in [3.05, 3.63) is 29.7 Å². The van der Waals surface area contributed by atoms with E-state index in [2.05, 4.69) is 15.6 Å². The van der Waals surface area contributed by atoms with Crippen molar-refractivity contribution in [2.24, 2.45) is 0 Å². The topological polar surface area (TPSA) is 67.2 Å². The number of carbonyl (C=O) groups excluding carboxylic acids is 1. The summed E-state index contributed by atoms with van der Waals surface area (Å²) in [4.78, 5) is 16.0. The van der Waals surface area contributed by atoms with Crippen molar-refractivity contribution in [3.63, 3.8) is 0 Å². The molecule has 0 aliphatic heterocycles. The van der Waals surface area contributed by atoms with Gasteiger partial charge < -0.3 is 15.1 Å². The summed E-state index contributed by atoms with van der Waals surface area (Å²) in [7, 11) is 1.85. The molecular weight excluding hydrogens is 250 g/mol. The van der Waals surface area contributed by atoms with E-state index in [4.69, 9.17) is 4.42 Å². The number of aromatic nitrogens is 1. The first-order chi connectivity index (χ1) is 8.79. The molecule has 0 aliphatic carbocycles. The van der Waals surface area contributed by atoms with Crippen LogP contribution < -0.4 is 10.6 Å². The van der Waals surface area contributed by atoms with E-state index in [1.54, 1.807) is 12.5 Å². The monoisotopic (exact) mass is 265 g/mol. The van der Waals surface area contributed by atoms with Gasteiger partial charge >= 0.3 is 0 Å². The van der Waals surface area contributed by atoms with Gasteiger partial charge in [0.05, 0.1) is 18.4 Å². The molecule has 18 heavy (non-hydrogen) atoms. The maximum atomic E-state index is 11.6. The van der Waals surface area contributed by atoms with Gasteiger partial charge in [-0.15, -0.1) is 11.3 Å². The Bertz CT molecular complexity index is 493. The van der Waals surface area contributed by atoms with Gasteiger partial charge in [0.1, 0.15) is 11.3 Å². The Kier molecular flexibility index (Phi) is 4.49. The van der Waals surface area contributed by atoms with Crippen LogP contribution in [0.25, 0.3) is 10.6 Å². The molecule has 0 aromatic carbocycles. The quantitative estimate of drug-likeness (QED) is 0.772. The van der Waals surface area contributed by atoms with Crippen LogP contribution in [0.15, 0.2) is 28.4 Å². The van der Waals surface area contributed by atoms with E-state index in [0.717, 1.165) is 22.8 Å². The normalized spacial score (nSPS) is 10.5. The largest absolute Gasteiger partial charge is 0.472 e. The zero-order valence-electron chi connectivity index (χ0n) is 10.1. The Balaban J connectivity index is 1.89. The number of nitrogens with one attached hydrogen (secondary N) is 2. The summed E-state index contributed by atoms with van der Waals surface area (Å²) < 4.78 is 5.01. The number of hydrogen-bond donors (Lipinski definition) is 2. The molecule has 0 spiro atoms. The number of rotatable bonds is 6. The van der Waals surface area contributed by atoms with Gasteiger partial charge in [-0.2, -0.15) is 0 Å². The highest BCUT2D eigenvalue weighted by molar-refractivity contribution is 7.13. The van der Waals surface area contributed by atoms with Gasteiger partial charge in [-0.25, -0.2) is 4.98 Å². The molecule has 2 aromatic heterocycles. The molecule has 0 fully saturated rings. The van der Waals surface area contributed by atoms with Crippen LogP contribution in [0.1, 0.15) is 5.69 Å². The first-order valence-corrected chi connectivity index (χ1v) is 6.56. The van der Waals surface area contributed by atoms with E-state index in [0.29, 0.717) is 13.0 Å². The number of thiazole rings is 1. The van der Waals surface area contributed by atoms with E-state index in [-0.39, 0.29) is 5.91 Å². The lowest BCUT2D eigenvalue weighted by atomic mass is 10.3. The highest BCUT2D eigenvalue weighted by Gasteiger charge is 2.09. The lowest BCUT2D eigenvalue weighted by Gasteiger charge is -2.02. The minimum absolute atomic E-state index is 0.00528. The fourth-order valence-electron chi connectivity index (χ4n) is 1.46. The van der Waals surface area contributed by atoms with Gasteiger partial charge in [0, 0.05) is 24.0 Å². The third-order valence-electron chi connectivity index (χ3n) is 2.36. The van der Waals surface area contributed by atoms with Crippen LogP contribution >= 0.6 is 11.3 Å². The maximum Gasteiger partial charge on any atom is 0.226 e. The first kappa shape index (κ1) is 12.8. The molecule has 6 heteroatoms. The minimum Gasteiger partial charge on any atom is -0.472 e. The lowest BCUT2D eigenvalue weighted by Crippen LogP contribution is -2.31. The number of furan rings is 1. The molecule has 0 atom stereocenters. The molecule has 0 saturated carbocycles. The summed E-state index contributed by atoms with van der Waals surface area (Å²) in [6.07, 6.45) is 3.58. The van der Waals surface area contributed by atoms with Crippen LogP contribution in [0.3, 0.4) is 0 Å². The van der Waals surface area contributed by atoms with Crippen LogP contribution in [0.4, 0.5) is 0 Å². The summed E-state index contributed by atoms with van der Waals surface area (Å²) in [6.45, 7) is 1.40. The molecule has 2 heterocycles. The Hall–Kier alpha value is -1.66. The lowest BCUT2D eigenvalue weighted by molar-refractivity contribution is -0.120. The predicted molar refractivity (Wildman–Crippen MR) is 70.5 cm³/mol. The second kappa shape index (κ2) is 6.32. The number of nitrogens with zero attached hydrogens (tertiary/aromatic N) is 1. The first-order valence-electron chi connectivity index (χ1n) is 5.68. The van der Waals surface area contributed by atoms with E-state index >= 15 is 0 Å². The van der Waals surface area contributed by atoms with Gasteiger partial charge in [0.15, 0.2) is 0 Å². The van der Waals surface area contributed by atoms with E-state index in [1.165, 1.54) is 11.3 Å². The second-order valence-electron chi connectivity index (χ2n) is 3.79. The van der Waals surface area contributed by atoms with Gasteiger partial charge in [0.2, 0.25) is 5.91 Å². The van der Waals surface area contributed by atoms with Crippen molar-refractivity contribution >= 4 is 17.2 Å². The smallest absolute Gasteiger partial charge is 0.226 e. The van der Waals surface area contributed by atoms with Gasteiger partial charge in [-0.05, 0) is 13.1 Å². The number of hydrogen-bond acceptors (Lipinski definition) is 5. The van der Waals surface area contributed by atoms with Crippen molar-refractivity contribution in [2.75, 3.05) is 20.1 Å². The second-order valence-corrected chi connectivity index (χ2v) is 4.64. The highest BCUT2D eigenvalue weighted by Crippen LogP contribution is 2.23. The van der Waals surface area contributed by atoms with Crippen LogP contribution in [0.2, 0.25) is 0 Å². The standard InChI is InChI=1S/C12H15N3O2S/c1-13-3-4-14-11(16)6-10-8-18-12(15-10)9-2-5-17-7-9/h2,5,7-8,13H,3-4,6H2,1H3,(H,14,16). The summed E-state index contributed by atoms with van der Waals surface area (Å²) in [5.74, 6) is -0.00528. The molecule has 2 rings (SSSR count). The third-order valence-corrected chi connectivity index (χ3v) is 3.30. The van der Waals surface area contributed by atoms with E-state index in [1.807, 2.05) is 18.5 Å². The summed E-state index contributed by atoms with van der Waals surface area (Å²) in [6, 6.07) is 1.86. The molecule has 1 amide bonds.